The monoisotopic (exact) mass is 255 g/mol. The molecule has 0 fully saturated rings. The maximum Gasteiger partial charge on any atom is 0.122 e. The Hall–Kier alpha value is -1.91. The van der Waals surface area contributed by atoms with Gasteiger partial charge in [0, 0.05) is 23.9 Å². The molecule has 1 aliphatic rings. The average molecular weight is 255 g/mol. The van der Waals surface area contributed by atoms with Crippen LogP contribution in [0.1, 0.15) is 28.7 Å². The van der Waals surface area contributed by atoms with Crippen LogP contribution in [0.25, 0.3) is 0 Å². The van der Waals surface area contributed by atoms with E-state index in [0.29, 0.717) is 6.61 Å². The van der Waals surface area contributed by atoms with Gasteiger partial charge in [0.25, 0.3) is 0 Å². The number of hydrazine groups is 1. The summed E-state index contributed by atoms with van der Waals surface area (Å²) >= 11 is 0. The number of hydrogen-bond acceptors (Lipinski definition) is 4. The smallest absolute Gasteiger partial charge is 0.122 e. The molecule has 0 bridgehead atoms. The van der Waals surface area contributed by atoms with Crippen LogP contribution in [0.2, 0.25) is 0 Å². The number of aryl methyl sites for hydroxylation is 1. The average Bonchev–Trinajstić information content (AvgIpc) is 2.84. The third-order valence-electron chi connectivity index (χ3n) is 3.57. The van der Waals surface area contributed by atoms with Crippen molar-refractivity contribution >= 4 is 0 Å². The molecular weight excluding hydrogens is 238 g/mol. The molecule has 19 heavy (non-hydrogen) atoms. The van der Waals surface area contributed by atoms with Gasteiger partial charge >= 0.3 is 0 Å². The number of para-hydroxylation sites is 1. The highest BCUT2D eigenvalue weighted by Crippen LogP contribution is 2.40. The minimum Gasteiger partial charge on any atom is -0.493 e. The molecule has 0 radical (unpaired) electrons. The lowest BCUT2D eigenvalue weighted by molar-refractivity contribution is 0.300. The van der Waals surface area contributed by atoms with Gasteiger partial charge in [-0.25, -0.2) is 0 Å². The van der Waals surface area contributed by atoms with E-state index in [4.69, 9.17) is 10.6 Å². The van der Waals surface area contributed by atoms with E-state index in [-0.39, 0.29) is 12.0 Å². The number of fused-ring (bicyclic) bond motifs is 1. The van der Waals surface area contributed by atoms with Crippen molar-refractivity contribution in [3.8, 4) is 5.75 Å². The predicted molar refractivity (Wildman–Crippen MR) is 73.7 cm³/mol. The van der Waals surface area contributed by atoms with Crippen molar-refractivity contribution in [3.05, 3.63) is 59.4 Å². The topological polar surface area (TPSA) is 60.2 Å². The van der Waals surface area contributed by atoms with Crippen LogP contribution in [-0.4, -0.2) is 11.6 Å². The second kappa shape index (κ2) is 4.99. The summed E-state index contributed by atoms with van der Waals surface area (Å²) in [5.41, 5.74) is 6.33. The Morgan fingerprint density at radius 2 is 2.21 bits per heavy atom. The van der Waals surface area contributed by atoms with E-state index < -0.39 is 0 Å². The molecule has 4 nitrogen and oxygen atoms in total. The molecule has 3 rings (SSSR count). The molecule has 0 spiro atoms. The molecule has 2 unspecified atom stereocenters. The fourth-order valence-corrected chi connectivity index (χ4v) is 2.66. The number of rotatable bonds is 3. The summed E-state index contributed by atoms with van der Waals surface area (Å²) in [6.07, 6.45) is 3.70. The Balaban J connectivity index is 1.96. The van der Waals surface area contributed by atoms with Gasteiger partial charge in [0.05, 0.1) is 12.6 Å². The van der Waals surface area contributed by atoms with Gasteiger partial charge in [-0.15, -0.1) is 0 Å². The Labute approximate surface area is 112 Å². The van der Waals surface area contributed by atoms with Crippen LogP contribution >= 0.6 is 0 Å². The fraction of sp³-hybridized carbons (Fsp3) is 0.267. The summed E-state index contributed by atoms with van der Waals surface area (Å²) in [7, 11) is 0. The molecule has 1 aliphatic heterocycles. The first-order valence-electron chi connectivity index (χ1n) is 6.39. The molecule has 0 saturated heterocycles. The number of ether oxygens (including phenoxy) is 1. The third kappa shape index (κ3) is 2.20. The molecule has 4 heteroatoms. The van der Waals surface area contributed by atoms with Crippen molar-refractivity contribution in [2.24, 2.45) is 5.84 Å². The SMILES string of the molecule is Cc1cncc(C(NN)C2COc3ccccc32)c1. The van der Waals surface area contributed by atoms with E-state index >= 15 is 0 Å². The van der Waals surface area contributed by atoms with E-state index in [1.807, 2.05) is 37.5 Å². The maximum absolute atomic E-state index is 5.76. The summed E-state index contributed by atoms with van der Waals surface area (Å²) in [5, 5.41) is 0. The second-order valence-electron chi connectivity index (χ2n) is 4.90. The molecule has 98 valence electrons. The van der Waals surface area contributed by atoms with Crippen molar-refractivity contribution < 1.29 is 4.74 Å². The van der Waals surface area contributed by atoms with Crippen LogP contribution in [0.15, 0.2) is 42.7 Å². The molecular formula is C15H17N3O. The van der Waals surface area contributed by atoms with Gasteiger partial charge in [0.1, 0.15) is 5.75 Å². The van der Waals surface area contributed by atoms with Crippen molar-refractivity contribution in [3.63, 3.8) is 0 Å². The first-order chi connectivity index (χ1) is 9.29. The van der Waals surface area contributed by atoms with Gasteiger partial charge in [-0.1, -0.05) is 24.3 Å². The normalized spacial score (nSPS) is 18.7. The lowest BCUT2D eigenvalue weighted by Gasteiger charge is -2.22. The first-order valence-corrected chi connectivity index (χ1v) is 6.39. The number of pyridine rings is 1. The molecule has 0 aliphatic carbocycles. The minimum absolute atomic E-state index is 0.0102. The predicted octanol–water partition coefficient (Wildman–Crippen LogP) is 2.07. The molecule has 1 aromatic heterocycles. The minimum atomic E-state index is 0.0102. The van der Waals surface area contributed by atoms with E-state index in [0.717, 1.165) is 16.9 Å². The zero-order valence-corrected chi connectivity index (χ0v) is 10.8. The van der Waals surface area contributed by atoms with Crippen LogP contribution in [0.3, 0.4) is 0 Å². The van der Waals surface area contributed by atoms with E-state index in [1.54, 1.807) is 0 Å². The molecule has 1 aromatic carbocycles. The van der Waals surface area contributed by atoms with Gasteiger partial charge in [0.15, 0.2) is 0 Å². The number of nitrogens with two attached hydrogens (primary N) is 1. The Kier molecular flexibility index (Phi) is 3.19. The standard InChI is InChI=1S/C15H17N3O/c1-10-6-11(8-17-7-10)15(18-16)13-9-19-14-5-3-2-4-12(13)14/h2-8,13,15,18H,9,16H2,1H3. The number of nitrogens with one attached hydrogen (secondary N) is 1. The Morgan fingerprint density at radius 3 is 3.00 bits per heavy atom. The molecule has 2 heterocycles. The van der Waals surface area contributed by atoms with Gasteiger partial charge in [0.2, 0.25) is 0 Å². The number of hydrogen-bond donors (Lipinski definition) is 2. The summed E-state index contributed by atoms with van der Waals surface area (Å²) in [6, 6.07) is 10.2. The quantitative estimate of drug-likeness (QED) is 0.651. The van der Waals surface area contributed by atoms with Gasteiger partial charge in [-0.2, -0.15) is 0 Å². The third-order valence-corrected chi connectivity index (χ3v) is 3.57. The largest absolute Gasteiger partial charge is 0.493 e. The van der Waals surface area contributed by atoms with Crippen molar-refractivity contribution in [2.45, 2.75) is 18.9 Å². The summed E-state index contributed by atoms with van der Waals surface area (Å²) in [6.45, 7) is 2.67. The molecule has 2 atom stereocenters. The van der Waals surface area contributed by atoms with Crippen molar-refractivity contribution in [1.82, 2.24) is 10.4 Å². The van der Waals surface area contributed by atoms with Crippen LogP contribution < -0.4 is 16.0 Å². The lowest BCUT2D eigenvalue weighted by Crippen LogP contribution is -2.33. The van der Waals surface area contributed by atoms with Crippen LogP contribution in [0.5, 0.6) is 5.75 Å². The summed E-state index contributed by atoms with van der Waals surface area (Å²) in [5.74, 6) is 6.92. The Morgan fingerprint density at radius 1 is 1.37 bits per heavy atom. The van der Waals surface area contributed by atoms with Gasteiger partial charge in [-0.3, -0.25) is 16.3 Å². The highest BCUT2D eigenvalue weighted by atomic mass is 16.5. The van der Waals surface area contributed by atoms with E-state index in [2.05, 4.69) is 22.5 Å². The Bertz CT molecular complexity index is 585. The van der Waals surface area contributed by atoms with Gasteiger partial charge in [-0.05, 0) is 24.1 Å². The van der Waals surface area contributed by atoms with E-state index in [1.165, 1.54) is 5.56 Å². The molecule has 0 amide bonds. The molecule has 3 N–H and O–H groups in total. The van der Waals surface area contributed by atoms with Crippen LogP contribution in [-0.2, 0) is 0 Å². The lowest BCUT2D eigenvalue weighted by atomic mass is 9.89. The van der Waals surface area contributed by atoms with E-state index in [9.17, 15) is 0 Å². The zero-order chi connectivity index (χ0) is 13.2. The van der Waals surface area contributed by atoms with Crippen LogP contribution in [0, 0.1) is 6.92 Å². The number of nitrogens with zero attached hydrogens (tertiary/aromatic N) is 1. The maximum atomic E-state index is 5.76. The first kappa shape index (κ1) is 12.1. The molecule has 0 saturated carbocycles. The van der Waals surface area contributed by atoms with Gasteiger partial charge < -0.3 is 4.74 Å². The highest BCUT2D eigenvalue weighted by molar-refractivity contribution is 5.42. The van der Waals surface area contributed by atoms with Crippen molar-refractivity contribution in [1.29, 1.82) is 0 Å². The van der Waals surface area contributed by atoms with Crippen molar-refractivity contribution in [2.75, 3.05) is 6.61 Å². The summed E-state index contributed by atoms with van der Waals surface area (Å²) < 4.78 is 5.73. The number of benzene rings is 1. The van der Waals surface area contributed by atoms with Crippen LogP contribution in [0.4, 0.5) is 0 Å². The number of aromatic nitrogens is 1. The molecule has 2 aromatic rings. The summed E-state index contributed by atoms with van der Waals surface area (Å²) in [4.78, 5) is 4.24. The highest BCUT2D eigenvalue weighted by Gasteiger charge is 2.31. The zero-order valence-electron chi connectivity index (χ0n) is 10.8. The second-order valence-corrected chi connectivity index (χ2v) is 4.90. The fourth-order valence-electron chi connectivity index (χ4n) is 2.66.